The molecule has 0 radical (unpaired) electrons. The number of hydrogen-bond acceptors (Lipinski definition) is 3. The molecule has 0 spiro atoms. The maximum absolute atomic E-state index is 10.7. The lowest BCUT2D eigenvalue weighted by Crippen LogP contribution is -2.16. The van der Waals surface area contributed by atoms with E-state index in [-0.39, 0.29) is 23.1 Å². The average Bonchev–Trinajstić information content (AvgIpc) is 2.40. The maximum atomic E-state index is 10.7. The van der Waals surface area contributed by atoms with E-state index < -0.39 is 4.92 Å². The SMILES string of the molecule is Cl.O=[N+]([O-])c1cc2c(cc1Cl)CCNCC2. The van der Waals surface area contributed by atoms with Crippen molar-refractivity contribution in [3.05, 3.63) is 38.4 Å². The highest BCUT2D eigenvalue weighted by atomic mass is 35.5. The van der Waals surface area contributed by atoms with Crippen LogP contribution < -0.4 is 5.32 Å². The van der Waals surface area contributed by atoms with Crippen molar-refractivity contribution in [2.75, 3.05) is 13.1 Å². The van der Waals surface area contributed by atoms with Gasteiger partial charge in [-0.25, -0.2) is 0 Å². The molecule has 0 saturated heterocycles. The summed E-state index contributed by atoms with van der Waals surface area (Å²) in [6, 6.07) is 3.33. The minimum atomic E-state index is -0.430. The van der Waals surface area contributed by atoms with Crippen LogP contribution in [0.4, 0.5) is 5.69 Å². The number of rotatable bonds is 1. The molecule has 0 atom stereocenters. The molecule has 1 N–H and O–H groups in total. The second-order valence-corrected chi connectivity index (χ2v) is 3.99. The Labute approximate surface area is 105 Å². The molecule has 1 aliphatic rings. The molecular weight excluding hydrogens is 251 g/mol. The zero-order valence-corrected chi connectivity index (χ0v) is 10.1. The summed E-state index contributed by atoms with van der Waals surface area (Å²) in [6.45, 7) is 1.77. The molecule has 0 aromatic heterocycles. The lowest BCUT2D eigenvalue weighted by atomic mass is 10.0. The van der Waals surface area contributed by atoms with Gasteiger partial charge in [0.25, 0.3) is 5.69 Å². The number of halogens is 2. The van der Waals surface area contributed by atoms with E-state index >= 15 is 0 Å². The standard InChI is InChI=1S/C10H11ClN2O2.ClH/c11-9-5-7-1-3-12-4-2-8(7)6-10(9)13(14)15;/h5-6,12H,1-4H2;1H. The van der Waals surface area contributed by atoms with Gasteiger partial charge >= 0.3 is 0 Å². The van der Waals surface area contributed by atoms with Gasteiger partial charge in [0.1, 0.15) is 5.02 Å². The summed E-state index contributed by atoms with van der Waals surface area (Å²) in [5, 5.41) is 14.2. The molecule has 0 unspecified atom stereocenters. The quantitative estimate of drug-likeness (QED) is 0.625. The average molecular weight is 263 g/mol. The first-order valence-corrected chi connectivity index (χ1v) is 5.22. The Kier molecular flexibility index (Phi) is 4.53. The van der Waals surface area contributed by atoms with E-state index in [2.05, 4.69) is 5.32 Å². The summed E-state index contributed by atoms with van der Waals surface area (Å²) in [5.41, 5.74) is 2.17. The van der Waals surface area contributed by atoms with Crippen molar-refractivity contribution in [1.29, 1.82) is 0 Å². The second-order valence-electron chi connectivity index (χ2n) is 3.58. The van der Waals surface area contributed by atoms with Crippen LogP contribution in [0.1, 0.15) is 11.1 Å². The second kappa shape index (κ2) is 5.48. The van der Waals surface area contributed by atoms with E-state index in [9.17, 15) is 10.1 Å². The molecule has 0 aliphatic carbocycles. The molecule has 0 fully saturated rings. The van der Waals surface area contributed by atoms with Crippen LogP contribution in [-0.4, -0.2) is 18.0 Å². The topological polar surface area (TPSA) is 55.2 Å². The monoisotopic (exact) mass is 262 g/mol. The van der Waals surface area contributed by atoms with Gasteiger partial charge < -0.3 is 5.32 Å². The van der Waals surface area contributed by atoms with Gasteiger partial charge in [-0.3, -0.25) is 10.1 Å². The molecule has 88 valence electrons. The van der Waals surface area contributed by atoms with E-state index in [0.717, 1.165) is 37.1 Å². The summed E-state index contributed by atoms with van der Waals surface area (Å²) in [5.74, 6) is 0. The summed E-state index contributed by atoms with van der Waals surface area (Å²) in [7, 11) is 0. The van der Waals surface area contributed by atoms with Gasteiger partial charge in [0.15, 0.2) is 0 Å². The first kappa shape index (κ1) is 13.2. The van der Waals surface area contributed by atoms with Gasteiger partial charge in [-0.2, -0.15) is 0 Å². The van der Waals surface area contributed by atoms with Crippen LogP contribution in [0.15, 0.2) is 12.1 Å². The van der Waals surface area contributed by atoms with E-state index in [1.165, 1.54) is 0 Å². The molecule has 0 saturated carbocycles. The Hall–Kier alpha value is -0.840. The number of nitro benzene ring substituents is 1. The van der Waals surface area contributed by atoms with Crippen molar-refractivity contribution in [2.24, 2.45) is 0 Å². The number of hydrogen-bond donors (Lipinski definition) is 1. The molecule has 1 heterocycles. The number of fused-ring (bicyclic) bond motifs is 1. The summed E-state index contributed by atoms with van der Waals surface area (Å²) >= 11 is 5.85. The van der Waals surface area contributed by atoms with Crippen LogP contribution in [0.2, 0.25) is 5.02 Å². The predicted molar refractivity (Wildman–Crippen MR) is 65.6 cm³/mol. The molecule has 6 heteroatoms. The van der Waals surface area contributed by atoms with Gasteiger partial charge in [0.2, 0.25) is 0 Å². The van der Waals surface area contributed by atoms with Crippen molar-refractivity contribution in [1.82, 2.24) is 5.32 Å². The zero-order chi connectivity index (χ0) is 10.8. The van der Waals surface area contributed by atoms with Crippen molar-refractivity contribution >= 4 is 29.7 Å². The maximum Gasteiger partial charge on any atom is 0.288 e. The first-order valence-electron chi connectivity index (χ1n) is 4.85. The van der Waals surface area contributed by atoms with Gasteiger partial charge in [-0.1, -0.05) is 11.6 Å². The lowest BCUT2D eigenvalue weighted by Gasteiger charge is -2.05. The minimum absolute atomic E-state index is 0. The Morgan fingerprint density at radius 3 is 2.38 bits per heavy atom. The Bertz CT molecular complexity index is 410. The highest BCUT2D eigenvalue weighted by Gasteiger charge is 2.17. The smallest absolute Gasteiger partial charge is 0.288 e. The van der Waals surface area contributed by atoms with Crippen LogP contribution in [0.5, 0.6) is 0 Å². The molecule has 2 rings (SSSR count). The van der Waals surface area contributed by atoms with Crippen molar-refractivity contribution in [2.45, 2.75) is 12.8 Å². The molecular formula is C10H12Cl2N2O2. The van der Waals surface area contributed by atoms with Crippen molar-refractivity contribution < 1.29 is 4.92 Å². The summed E-state index contributed by atoms with van der Waals surface area (Å²) < 4.78 is 0. The van der Waals surface area contributed by atoms with Crippen molar-refractivity contribution in [3.8, 4) is 0 Å². The summed E-state index contributed by atoms with van der Waals surface area (Å²) in [6.07, 6.45) is 1.71. The molecule has 0 amide bonds. The highest BCUT2D eigenvalue weighted by Crippen LogP contribution is 2.29. The fraction of sp³-hybridized carbons (Fsp3) is 0.400. The van der Waals surface area contributed by atoms with E-state index in [0.29, 0.717) is 0 Å². The molecule has 1 aromatic rings. The largest absolute Gasteiger partial charge is 0.316 e. The van der Waals surface area contributed by atoms with Crippen molar-refractivity contribution in [3.63, 3.8) is 0 Å². The third-order valence-corrected chi connectivity index (χ3v) is 2.91. The molecule has 4 nitrogen and oxygen atoms in total. The highest BCUT2D eigenvalue weighted by molar-refractivity contribution is 6.32. The number of nitrogens with zero attached hydrogens (tertiary/aromatic N) is 1. The number of nitrogens with one attached hydrogen (secondary N) is 1. The number of nitro groups is 1. The summed E-state index contributed by atoms with van der Waals surface area (Å²) in [4.78, 5) is 10.3. The number of benzene rings is 1. The van der Waals surface area contributed by atoms with Gasteiger partial charge in [-0.15, -0.1) is 12.4 Å². The Morgan fingerprint density at radius 1 is 1.25 bits per heavy atom. The fourth-order valence-corrected chi connectivity index (χ4v) is 2.08. The normalized spacial score (nSPS) is 14.6. The fourth-order valence-electron chi connectivity index (χ4n) is 1.82. The Morgan fingerprint density at radius 2 is 1.81 bits per heavy atom. The van der Waals surface area contributed by atoms with Gasteiger partial charge in [0, 0.05) is 6.07 Å². The van der Waals surface area contributed by atoms with Crippen LogP contribution in [0, 0.1) is 10.1 Å². The molecule has 1 aromatic carbocycles. The van der Waals surface area contributed by atoms with Gasteiger partial charge in [-0.05, 0) is 43.1 Å². The third-order valence-electron chi connectivity index (χ3n) is 2.61. The van der Waals surface area contributed by atoms with Gasteiger partial charge in [0.05, 0.1) is 4.92 Å². The van der Waals surface area contributed by atoms with Crippen LogP contribution >= 0.6 is 24.0 Å². The van der Waals surface area contributed by atoms with Crippen LogP contribution in [0.3, 0.4) is 0 Å². The molecule has 0 bridgehead atoms. The van der Waals surface area contributed by atoms with E-state index in [1.807, 2.05) is 0 Å². The first-order chi connectivity index (χ1) is 7.18. The zero-order valence-electron chi connectivity index (χ0n) is 8.53. The predicted octanol–water partition coefficient (Wildman–Crippen LogP) is 2.36. The Balaban J connectivity index is 0.00000128. The van der Waals surface area contributed by atoms with E-state index in [4.69, 9.17) is 11.6 Å². The molecule has 1 aliphatic heterocycles. The lowest BCUT2D eigenvalue weighted by molar-refractivity contribution is -0.384. The van der Waals surface area contributed by atoms with Crippen LogP contribution in [-0.2, 0) is 12.8 Å². The van der Waals surface area contributed by atoms with E-state index in [1.54, 1.807) is 12.1 Å². The minimum Gasteiger partial charge on any atom is -0.316 e. The molecule has 16 heavy (non-hydrogen) atoms. The van der Waals surface area contributed by atoms with Crippen LogP contribution in [0.25, 0.3) is 0 Å². The third kappa shape index (κ3) is 2.64.